The topological polar surface area (TPSA) is 146 Å². The lowest BCUT2D eigenvalue weighted by Gasteiger charge is -2.15. The van der Waals surface area contributed by atoms with Gasteiger partial charge in [-0.25, -0.2) is 9.59 Å². The lowest BCUT2D eigenvalue weighted by Crippen LogP contribution is -2.42. The van der Waals surface area contributed by atoms with Crippen molar-refractivity contribution in [3.8, 4) is 5.75 Å². The van der Waals surface area contributed by atoms with Crippen LogP contribution in [0.4, 0.5) is 0 Å². The number of phenolic OH excluding ortho intramolecular Hbond substituents is 1. The fourth-order valence-electron chi connectivity index (χ4n) is 4.59. The maximum Gasteiger partial charge on any atom is 0.339 e. The molecule has 5 aromatic rings. The number of carboxylic acids is 1. The summed E-state index contributed by atoms with van der Waals surface area (Å²) >= 11 is 0. The Labute approximate surface area is 204 Å². The van der Waals surface area contributed by atoms with Crippen LogP contribution in [0.25, 0.3) is 32.8 Å². The van der Waals surface area contributed by atoms with Crippen LogP contribution in [0.2, 0.25) is 0 Å². The van der Waals surface area contributed by atoms with E-state index in [-0.39, 0.29) is 25.0 Å². The molecule has 0 saturated carbocycles. The van der Waals surface area contributed by atoms with Crippen molar-refractivity contribution in [2.75, 3.05) is 0 Å². The number of hydrogen-bond acceptors (Lipinski definition) is 6. The van der Waals surface area contributed by atoms with Gasteiger partial charge in [0.2, 0.25) is 5.91 Å². The van der Waals surface area contributed by atoms with Crippen molar-refractivity contribution in [1.82, 2.24) is 10.3 Å². The van der Waals surface area contributed by atoms with Gasteiger partial charge in [0.15, 0.2) is 0 Å². The molecule has 5 rings (SSSR count). The Morgan fingerprint density at radius 1 is 1.08 bits per heavy atom. The number of carboxylic acid groups (broad SMARTS) is 1. The third-order valence-electron chi connectivity index (χ3n) is 6.59. The molecule has 1 amide bonds. The van der Waals surface area contributed by atoms with Crippen LogP contribution in [0.1, 0.15) is 28.7 Å². The minimum Gasteiger partial charge on any atom is -0.508 e. The number of amides is 1. The molecule has 0 radical (unpaired) electrons. The van der Waals surface area contributed by atoms with Crippen molar-refractivity contribution < 1.29 is 28.6 Å². The lowest BCUT2D eigenvalue weighted by atomic mass is 10.00. The predicted octanol–water partition coefficient (Wildman–Crippen LogP) is 4.09. The summed E-state index contributed by atoms with van der Waals surface area (Å²) in [6.07, 6.45) is 3.35. The maximum absolute atomic E-state index is 12.7. The molecule has 184 valence electrons. The van der Waals surface area contributed by atoms with E-state index in [4.69, 9.17) is 8.83 Å². The standard InChI is InChI=1S/C27H24N2O7/c1-13-12-35-23-10-24-19(9-18(13)23)14(2)17(27(34)36-24)4-6-25(31)29-22(26(32)33)7-15-11-28-21-5-3-16(30)8-20(15)21/h3,5,8-12,22,28,30H,4,6-7H2,1-2H3,(H,29,31)(H,32,33)/t22-/m0/s1. The SMILES string of the molecule is Cc1coc2cc3oc(=O)c(CCC(=O)N[C@@H](Cc4c[nH]c5ccc(O)cc45)C(=O)O)c(C)c3cc12. The van der Waals surface area contributed by atoms with E-state index in [0.717, 1.165) is 21.9 Å². The zero-order valence-electron chi connectivity index (χ0n) is 19.7. The second kappa shape index (κ2) is 8.92. The van der Waals surface area contributed by atoms with Crippen LogP contribution in [0.5, 0.6) is 5.75 Å². The summed E-state index contributed by atoms with van der Waals surface area (Å²) in [7, 11) is 0. The van der Waals surface area contributed by atoms with Crippen molar-refractivity contribution in [3.63, 3.8) is 0 Å². The normalized spacial score (nSPS) is 12.4. The molecule has 0 saturated heterocycles. The molecule has 0 fully saturated rings. The molecule has 4 N–H and O–H groups in total. The zero-order valence-corrected chi connectivity index (χ0v) is 19.7. The number of hydrogen-bond donors (Lipinski definition) is 4. The molecule has 36 heavy (non-hydrogen) atoms. The average Bonchev–Trinajstić information content (AvgIpc) is 3.40. The molecule has 0 aliphatic rings. The van der Waals surface area contributed by atoms with E-state index in [1.165, 1.54) is 6.07 Å². The third kappa shape index (κ3) is 4.19. The highest BCUT2D eigenvalue weighted by molar-refractivity contribution is 5.96. The number of aromatic amines is 1. The first-order chi connectivity index (χ1) is 17.2. The van der Waals surface area contributed by atoms with Crippen LogP contribution < -0.4 is 10.9 Å². The second-order valence-corrected chi connectivity index (χ2v) is 8.96. The number of rotatable bonds is 7. The van der Waals surface area contributed by atoms with Crippen LogP contribution in [0.3, 0.4) is 0 Å². The van der Waals surface area contributed by atoms with E-state index < -0.39 is 23.5 Å². The number of aryl methyl sites for hydroxylation is 2. The molecule has 9 nitrogen and oxygen atoms in total. The summed E-state index contributed by atoms with van der Waals surface area (Å²) in [5.74, 6) is -1.61. The Kier molecular flexibility index (Phi) is 5.75. The Hall–Kier alpha value is -4.53. The Bertz CT molecular complexity index is 1710. The second-order valence-electron chi connectivity index (χ2n) is 8.96. The first kappa shape index (κ1) is 23.2. The Morgan fingerprint density at radius 2 is 1.89 bits per heavy atom. The minimum atomic E-state index is -1.18. The molecule has 3 aromatic heterocycles. The number of nitrogens with one attached hydrogen (secondary N) is 2. The number of aromatic nitrogens is 1. The van der Waals surface area contributed by atoms with E-state index >= 15 is 0 Å². The number of aliphatic carboxylic acids is 1. The van der Waals surface area contributed by atoms with Crippen LogP contribution in [0, 0.1) is 13.8 Å². The highest BCUT2D eigenvalue weighted by Crippen LogP contribution is 2.29. The highest BCUT2D eigenvalue weighted by Gasteiger charge is 2.23. The third-order valence-corrected chi connectivity index (χ3v) is 6.59. The largest absolute Gasteiger partial charge is 0.508 e. The van der Waals surface area contributed by atoms with Crippen molar-refractivity contribution in [2.45, 2.75) is 39.2 Å². The first-order valence-electron chi connectivity index (χ1n) is 11.5. The summed E-state index contributed by atoms with van der Waals surface area (Å²) in [5.41, 5.74) is 3.94. The van der Waals surface area contributed by atoms with Gasteiger partial charge in [0.1, 0.15) is 23.0 Å². The number of carbonyl (C=O) groups is 2. The lowest BCUT2D eigenvalue weighted by molar-refractivity contribution is -0.141. The van der Waals surface area contributed by atoms with E-state index in [9.17, 15) is 24.6 Å². The Morgan fingerprint density at radius 3 is 2.67 bits per heavy atom. The van der Waals surface area contributed by atoms with Crippen LogP contribution >= 0.6 is 0 Å². The number of benzene rings is 2. The molecule has 0 spiro atoms. The number of carbonyl (C=O) groups excluding carboxylic acids is 1. The number of aromatic hydroxyl groups is 1. The molecule has 2 aromatic carbocycles. The molecule has 9 heteroatoms. The fourth-order valence-corrected chi connectivity index (χ4v) is 4.59. The van der Waals surface area contributed by atoms with E-state index in [0.29, 0.717) is 33.2 Å². The Balaban J connectivity index is 1.33. The van der Waals surface area contributed by atoms with Crippen LogP contribution in [-0.2, 0) is 22.4 Å². The van der Waals surface area contributed by atoms with Gasteiger partial charge in [0, 0.05) is 52.3 Å². The molecule has 3 heterocycles. The van der Waals surface area contributed by atoms with Gasteiger partial charge in [-0.1, -0.05) is 0 Å². The predicted molar refractivity (Wildman–Crippen MR) is 133 cm³/mol. The van der Waals surface area contributed by atoms with E-state index in [1.54, 1.807) is 37.6 Å². The summed E-state index contributed by atoms with van der Waals surface area (Å²) in [5, 5.41) is 24.4. The van der Waals surface area contributed by atoms with Crippen LogP contribution in [0.15, 0.2) is 56.4 Å². The quantitative estimate of drug-likeness (QED) is 0.252. The van der Waals surface area contributed by atoms with Crippen molar-refractivity contribution in [1.29, 1.82) is 0 Å². The van der Waals surface area contributed by atoms with Gasteiger partial charge in [-0.2, -0.15) is 0 Å². The molecule has 1 atom stereocenters. The fraction of sp³-hybridized carbons (Fsp3) is 0.222. The van der Waals surface area contributed by atoms with Gasteiger partial charge in [0.05, 0.1) is 6.26 Å². The number of furan rings is 1. The highest BCUT2D eigenvalue weighted by atomic mass is 16.4. The van der Waals surface area contributed by atoms with Gasteiger partial charge < -0.3 is 29.3 Å². The minimum absolute atomic E-state index is 0.0295. The smallest absolute Gasteiger partial charge is 0.339 e. The average molecular weight is 488 g/mol. The zero-order chi connectivity index (χ0) is 25.6. The van der Waals surface area contributed by atoms with Gasteiger partial charge >= 0.3 is 11.6 Å². The maximum atomic E-state index is 12.7. The molecular weight excluding hydrogens is 464 g/mol. The number of fused-ring (bicyclic) bond motifs is 3. The van der Waals surface area contributed by atoms with E-state index in [1.807, 2.05) is 13.0 Å². The number of H-pyrrole nitrogens is 1. The van der Waals surface area contributed by atoms with Crippen molar-refractivity contribution in [2.24, 2.45) is 0 Å². The molecule has 0 aliphatic heterocycles. The van der Waals surface area contributed by atoms with Gasteiger partial charge in [-0.15, -0.1) is 0 Å². The van der Waals surface area contributed by atoms with Gasteiger partial charge in [0.25, 0.3) is 0 Å². The van der Waals surface area contributed by atoms with Gasteiger partial charge in [-0.05, 0) is 61.2 Å². The summed E-state index contributed by atoms with van der Waals surface area (Å²) in [4.78, 5) is 40.2. The first-order valence-corrected chi connectivity index (χ1v) is 11.5. The van der Waals surface area contributed by atoms with Crippen LogP contribution in [-0.4, -0.2) is 33.1 Å². The monoisotopic (exact) mass is 488 g/mol. The van der Waals surface area contributed by atoms with E-state index in [2.05, 4.69) is 10.3 Å². The summed E-state index contributed by atoms with van der Waals surface area (Å²) in [6, 6.07) is 7.19. The molecule has 0 unspecified atom stereocenters. The molecule has 0 aliphatic carbocycles. The van der Waals surface area contributed by atoms with Gasteiger partial charge in [-0.3, -0.25) is 4.79 Å². The van der Waals surface area contributed by atoms with Crippen molar-refractivity contribution in [3.05, 3.63) is 75.5 Å². The number of phenols is 1. The molecule has 0 bridgehead atoms. The summed E-state index contributed by atoms with van der Waals surface area (Å²) in [6.45, 7) is 3.73. The van der Waals surface area contributed by atoms with Crippen molar-refractivity contribution >= 4 is 44.7 Å². The summed E-state index contributed by atoms with van der Waals surface area (Å²) < 4.78 is 11.0. The molecular formula is C27H24N2O7.